The van der Waals surface area contributed by atoms with Gasteiger partial charge in [0, 0.05) is 18.0 Å². The fourth-order valence-corrected chi connectivity index (χ4v) is 3.50. The Morgan fingerprint density at radius 2 is 1.76 bits per heavy atom. The molecule has 1 aromatic carbocycles. The van der Waals surface area contributed by atoms with Gasteiger partial charge < -0.3 is 5.32 Å². The Morgan fingerprint density at radius 3 is 2.40 bits per heavy atom. The fraction of sp³-hybridized carbons (Fsp3) is 0.176. The van der Waals surface area contributed by atoms with Crippen molar-refractivity contribution in [2.45, 2.75) is 6.42 Å². The van der Waals surface area contributed by atoms with Crippen LogP contribution in [0.15, 0.2) is 36.5 Å². The minimum atomic E-state index is -0.491. The lowest BCUT2D eigenvalue weighted by atomic mass is 10.2. The Kier molecular flexibility index (Phi) is 3.74. The first-order chi connectivity index (χ1) is 12.0. The average Bonchev–Trinajstić information content (AvgIpc) is 3.31. The zero-order chi connectivity index (χ0) is 17.7. The molecule has 2 atom stereocenters. The van der Waals surface area contributed by atoms with Crippen LogP contribution in [0.1, 0.15) is 16.8 Å². The van der Waals surface area contributed by atoms with Crippen molar-refractivity contribution in [3.63, 3.8) is 0 Å². The number of anilines is 2. The first kappa shape index (κ1) is 16.1. The molecule has 1 aliphatic carbocycles. The summed E-state index contributed by atoms with van der Waals surface area (Å²) in [5.74, 6) is -1.19. The zero-order valence-electron chi connectivity index (χ0n) is 12.7. The van der Waals surface area contributed by atoms with Crippen LogP contribution in [-0.4, -0.2) is 22.7 Å². The first-order valence-corrected chi connectivity index (χ1v) is 8.32. The molecule has 3 amide bonds. The molecule has 2 aromatic rings. The molecular weight excluding hydrogens is 365 g/mol. The molecule has 6 nitrogen and oxygen atoms in total. The quantitative estimate of drug-likeness (QED) is 0.835. The summed E-state index contributed by atoms with van der Waals surface area (Å²) in [4.78, 5) is 41.9. The van der Waals surface area contributed by atoms with E-state index in [0.29, 0.717) is 12.1 Å². The largest absolute Gasteiger partial charge is 0.322 e. The van der Waals surface area contributed by atoms with Crippen molar-refractivity contribution >= 4 is 52.4 Å². The van der Waals surface area contributed by atoms with Gasteiger partial charge in [-0.25, -0.2) is 9.88 Å². The van der Waals surface area contributed by atoms with Crippen molar-refractivity contribution < 1.29 is 14.4 Å². The number of rotatable bonds is 3. The van der Waals surface area contributed by atoms with Crippen LogP contribution in [0.2, 0.25) is 10.0 Å². The molecule has 2 fully saturated rings. The molecule has 1 N–H and O–H groups in total. The van der Waals surface area contributed by atoms with Gasteiger partial charge in [0.25, 0.3) is 5.91 Å². The number of fused-ring (bicyclic) bond motifs is 1. The molecule has 1 saturated heterocycles. The van der Waals surface area contributed by atoms with Crippen LogP contribution >= 0.6 is 23.2 Å². The van der Waals surface area contributed by atoms with Crippen LogP contribution in [0.3, 0.4) is 0 Å². The number of piperidine rings is 1. The number of amides is 3. The van der Waals surface area contributed by atoms with E-state index in [1.54, 1.807) is 24.3 Å². The van der Waals surface area contributed by atoms with E-state index in [9.17, 15) is 14.4 Å². The van der Waals surface area contributed by atoms with Crippen LogP contribution in [0.5, 0.6) is 0 Å². The highest BCUT2D eigenvalue weighted by Gasteiger charge is 2.59. The van der Waals surface area contributed by atoms with Crippen LogP contribution in [0.25, 0.3) is 0 Å². The van der Waals surface area contributed by atoms with Crippen LogP contribution in [0, 0.1) is 11.8 Å². The van der Waals surface area contributed by atoms with Gasteiger partial charge in [-0.2, -0.15) is 0 Å². The van der Waals surface area contributed by atoms with E-state index in [2.05, 4.69) is 10.3 Å². The summed E-state index contributed by atoms with van der Waals surface area (Å²) in [6.45, 7) is 0. The van der Waals surface area contributed by atoms with Gasteiger partial charge in [-0.1, -0.05) is 29.3 Å². The van der Waals surface area contributed by atoms with E-state index in [1.165, 1.54) is 12.3 Å². The zero-order valence-corrected chi connectivity index (χ0v) is 14.2. The summed E-state index contributed by atoms with van der Waals surface area (Å²) in [5.41, 5.74) is 0.533. The lowest BCUT2D eigenvalue weighted by Crippen LogP contribution is -2.33. The Bertz CT molecular complexity index is 891. The molecule has 0 spiro atoms. The third-order valence-electron chi connectivity index (χ3n) is 4.29. The number of nitrogens with zero attached hydrogens (tertiary/aromatic N) is 2. The maximum absolute atomic E-state index is 12.4. The first-order valence-electron chi connectivity index (χ1n) is 7.56. The number of imide groups is 1. The predicted octanol–water partition coefficient (Wildman–Crippen LogP) is 3.15. The second-order valence-corrected chi connectivity index (χ2v) is 6.73. The molecule has 2 aliphatic rings. The van der Waals surface area contributed by atoms with Crippen LogP contribution in [-0.2, 0) is 9.59 Å². The summed E-state index contributed by atoms with van der Waals surface area (Å²) in [6, 6.07) is 7.80. The van der Waals surface area contributed by atoms with Gasteiger partial charge >= 0.3 is 0 Å². The maximum Gasteiger partial charge on any atom is 0.258 e. The lowest BCUT2D eigenvalue weighted by molar-refractivity contribution is -0.123. The fourth-order valence-electron chi connectivity index (χ4n) is 2.93. The number of hydrogen-bond acceptors (Lipinski definition) is 4. The third-order valence-corrected chi connectivity index (χ3v) is 4.92. The Morgan fingerprint density at radius 1 is 1.12 bits per heavy atom. The average molecular weight is 376 g/mol. The van der Waals surface area contributed by atoms with Crippen LogP contribution < -0.4 is 10.2 Å². The van der Waals surface area contributed by atoms with Gasteiger partial charge in [-0.3, -0.25) is 14.4 Å². The lowest BCUT2D eigenvalue weighted by Gasteiger charge is -2.16. The highest BCUT2D eigenvalue weighted by molar-refractivity contribution is 6.40. The van der Waals surface area contributed by atoms with Crippen molar-refractivity contribution in [3.05, 3.63) is 52.1 Å². The summed E-state index contributed by atoms with van der Waals surface area (Å²) in [5, 5.41) is 3.11. The Balaban J connectivity index is 1.59. The Hall–Kier alpha value is -2.44. The number of hydrogen-bond donors (Lipinski definition) is 1. The number of pyridine rings is 1. The van der Waals surface area contributed by atoms with Gasteiger partial charge in [0.2, 0.25) is 11.8 Å². The molecule has 4 rings (SSSR count). The van der Waals surface area contributed by atoms with Crippen molar-refractivity contribution in [1.29, 1.82) is 0 Å². The van der Waals surface area contributed by atoms with Crippen molar-refractivity contribution in [3.8, 4) is 0 Å². The highest BCUT2D eigenvalue weighted by atomic mass is 35.5. The van der Waals surface area contributed by atoms with Crippen molar-refractivity contribution in [2.24, 2.45) is 11.8 Å². The minimum Gasteiger partial charge on any atom is -0.322 e. The molecular formula is C17H11Cl2N3O3. The second kappa shape index (κ2) is 5.82. The monoisotopic (exact) mass is 375 g/mol. The molecule has 1 aliphatic heterocycles. The van der Waals surface area contributed by atoms with Crippen molar-refractivity contribution in [1.82, 2.24) is 4.98 Å². The number of nitrogens with one attached hydrogen (secondary N) is 1. The third kappa shape index (κ3) is 2.67. The SMILES string of the molecule is O=C(Nc1ccnc(N2C(=O)C3CC3C2=O)c1)c1c(Cl)cccc1Cl. The van der Waals surface area contributed by atoms with Gasteiger partial charge in [0.1, 0.15) is 5.82 Å². The van der Waals surface area contributed by atoms with Gasteiger partial charge in [-0.15, -0.1) is 0 Å². The molecule has 1 saturated carbocycles. The molecule has 8 heteroatoms. The topological polar surface area (TPSA) is 79.4 Å². The summed E-state index contributed by atoms with van der Waals surface area (Å²) < 4.78 is 0. The smallest absolute Gasteiger partial charge is 0.258 e. The summed E-state index contributed by atoms with van der Waals surface area (Å²) in [6.07, 6.45) is 2.04. The predicted molar refractivity (Wildman–Crippen MR) is 92.7 cm³/mol. The van der Waals surface area contributed by atoms with E-state index < -0.39 is 5.91 Å². The molecule has 2 unspecified atom stereocenters. The van der Waals surface area contributed by atoms with E-state index in [0.717, 1.165) is 4.90 Å². The van der Waals surface area contributed by atoms with E-state index in [4.69, 9.17) is 23.2 Å². The normalized spacial score (nSPS) is 21.3. The Labute approximate surface area is 152 Å². The van der Waals surface area contributed by atoms with Gasteiger partial charge in [0.15, 0.2) is 0 Å². The number of carbonyl (C=O) groups excluding carboxylic acids is 3. The standard InChI is InChI=1S/C17H11Cl2N3O3/c18-11-2-1-3-12(19)14(11)15(23)21-8-4-5-20-13(6-8)22-16(24)9-7-10(9)17(22)25/h1-6,9-10H,7H2,(H,20,21,23). The highest BCUT2D eigenvalue weighted by Crippen LogP contribution is 2.48. The molecule has 0 bridgehead atoms. The van der Waals surface area contributed by atoms with Gasteiger partial charge in [-0.05, 0) is 24.6 Å². The van der Waals surface area contributed by atoms with Gasteiger partial charge in [0.05, 0.1) is 27.4 Å². The molecule has 25 heavy (non-hydrogen) atoms. The minimum absolute atomic E-state index is 0.152. The van der Waals surface area contributed by atoms with E-state index in [1.807, 2.05) is 0 Å². The second-order valence-electron chi connectivity index (χ2n) is 5.91. The number of halogens is 2. The van der Waals surface area contributed by atoms with E-state index >= 15 is 0 Å². The number of aromatic nitrogens is 1. The van der Waals surface area contributed by atoms with Crippen LogP contribution in [0.4, 0.5) is 11.5 Å². The molecule has 0 radical (unpaired) electrons. The maximum atomic E-state index is 12.4. The van der Waals surface area contributed by atoms with E-state index in [-0.39, 0.29) is 45.1 Å². The number of benzene rings is 1. The number of carbonyl (C=O) groups is 3. The molecule has 1 aromatic heterocycles. The molecule has 126 valence electrons. The molecule has 2 heterocycles. The van der Waals surface area contributed by atoms with Crippen molar-refractivity contribution in [2.75, 3.05) is 10.2 Å². The summed E-state index contributed by atoms with van der Waals surface area (Å²) >= 11 is 12.1. The summed E-state index contributed by atoms with van der Waals surface area (Å²) in [7, 11) is 0.